The third-order valence-corrected chi connectivity index (χ3v) is 10.0. The predicted molar refractivity (Wildman–Crippen MR) is 214 cm³/mol. The van der Waals surface area contributed by atoms with Crippen molar-refractivity contribution >= 4 is 55.7 Å². The number of anilines is 6. The fraction of sp³-hybridized carbons (Fsp3) is 0.0833. The second-order valence-corrected chi connectivity index (χ2v) is 14.3. The zero-order chi connectivity index (χ0) is 33.8. The van der Waals surface area contributed by atoms with Crippen LogP contribution in [-0.4, -0.2) is 0 Å². The number of fused-ring (bicyclic) bond motifs is 6. The molecule has 0 N–H and O–H groups in total. The summed E-state index contributed by atoms with van der Waals surface area (Å²) in [4.78, 5) is 4.74. The molecule has 8 aromatic carbocycles. The molecule has 0 saturated carbocycles. The molecule has 0 spiro atoms. The van der Waals surface area contributed by atoms with E-state index in [4.69, 9.17) is 0 Å². The van der Waals surface area contributed by atoms with Gasteiger partial charge in [-0.05, 0) is 146 Å². The van der Waals surface area contributed by atoms with Gasteiger partial charge in [0.1, 0.15) is 0 Å². The molecule has 50 heavy (non-hydrogen) atoms. The third kappa shape index (κ3) is 5.12. The van der Waals surface area contributed by atoms with E-state index >= 15 is 0 Å². The van der Waals surface area contributed by atoms with E-state index in [0.29, 0.717) is 0 Å². The second-order valence-electron chi connectivity index (χ2n) is 14.3. The minimum absolute atomic E-state index is 0.00198. The average molecular weight is 643 g/mol. The molecule has 240 valence electrons. The summed E-state index contributed by atoms with van der Waals surface area (Å²) < 4.78 is 0. The SMILES string of the molecule is CC(C)(C)c1ccccc1N(c1ccccc1)c1ccc2cc3c(cc2c1)-c1cc2ccc(N(c4ccccc4)c4ccccc4)cc2cc1-3. The molecular formula is C48H38N2. The van der Waals surface area contributed by atoms with Crippen molar-refractivity contribution in [1.82, 2.24) is 0 Å². The minimum Gasteiger partial charge on any atom is -0.310 e. The van der Waals surface area contributed by atoms with Crippen LogP contribution in [0.25, 0.3) is 43.8 Å². The lowest BCUT2D eigenvalue weighted by Gasteiger charge is -2.32. The Hall–Kier alpha value is -6.12. The van der Waals surface area contributed by atoms with Crippen molar-refractivity contribution in [3.05, 3.63) is 181 Å². The highest BCUT2D eigenvalue weighted by atomic mass is 15.1. The minimum atomic E-state index is -0.00198. The quantitative estimate of drug-likeness (QED) is 0.178. The summed E-state index contributed by atoms with van der Waals surface area (Å²) >= 11 is 0. The van der Waals surface area contributed by atoms with Gasteiger partial charge >= 0.3 is 0 Å². The Morgan fingerprint density at radius 3 is 1.16 bits per heavy atom. The number of nitrogens with zero attached hydrogens (tertiary/aromatic N) is 2. The van der Waals surface area contributed by atoms with E-state index in [0.717, 1.165) is 28.4 Å². The van der Waals surface area contributed by atoms with Crippen molar-refractivity contribution in [3.8, 4) is 22.3 Å². The van der Waals surface area contributed by atoms with Gasteiger partial charge in [0, 0.05) is 34.1 Å². The molecule has 0 radical (unpaired) electrons. The summed E-state index contributed by atoms with van der Waals surface area (Å²) in [6.45, 7) is 6.87. The number of hydrogen-bond donors (Lipinski definition) is 0. The molecule has 0 amide bonds. The number of benzene rings is 8. The summed E-state index contributed by atoms with van der Waals surface area (Å²) in [6, 6.07) is 64.0. The molecule has 0 bridgehead atoms. The Bertz CT molecular complexity index is 2470. The first-order chi connectivity index (χ1) is 24.4. The predicted octanol–water partition coefficient (Wildman–Crippen LogP) is 13.9. The first-order valence-electron chi connectivity index (χ1n) is 17.4. The van der Waals surface area contributed by atoms with E-state index in [9.17, 15) is 0 Å². The summed E-state index contributed by atoms with van der Waals surface area (Å²) in [5.41, 5.74) is 13.6. The molecule has 2 heteroatoms. The average Bonchev–Trinajstić information content (AvgIpc) is 3.15. The maximum absolute atomic E-state index is 2.41. The Balaban J connectivity index is 1.12. The lowest BCUT2D eigenvalue weighted by Crippen LogP contribution is -2.19. The first kappa shape index (κ1) is 30.0. The van der Waals surface area contributed by atoms with Crippen LogP contribution in [0.4, 0.5) is 34.1 Å². The number of rotatable bonds is 6. The maximum atomic E-state index is 2.41. The Kier molecular flexibility index (Phi) is 7.07. The Morgan fingerprint density at radius 2 is 0.700 bits per heavy atom. The van der Waals surface area contributed by atoms with Gasteiger partial charge in [-0.2, -0.15) is 0 Å². The van der Waals surface area contributed by atoms with E-state index in [1.807, 2.05) is 0 Å². The highest BCUT2D eigenvalue weighted by Gasteiger charge is 2.26. The molecule has 2 nitrogen and oxygen atoms in total. The van der Waals surface area contributed by atoms with Crippen LogP contribution in [0, 0.1) is 0 Å². The zero-order valence-electron chi connectivity index (χ0n) is 28.6. The van der Waals surface area contributed by atoms with Crippen molar-refractivity contribution in [3.63, 3.8) is 0 Å². The molecule has 0 saturated heterocycles. The normalized spacial score (nSPS) is 11.9. The molecule has 9 rings (SSSR count). The lowest BCUT2D eigenvalue weighted by atomic mass is 9.78. The fourth-order valence-electron chi connectivity index (χ4n) is 7.59. The molecule has 1 aliphatic rings. The van der Waals surface area contributed by atoms with Crippen LogP contribution in [0.1, 0.15) is 26.3 Å². The van der Waals surface area contributed by atoms with Crippen molar-refractivity contribution in [2.24, 2.45) is 0 Å². The van der Waals surface area contributed by atoms with Gasteiger partial charge in [-0.25, -0.2) is 0 Å². The third-order valence-electron chi connectivity index (χ3n) is 10.0. The Labute approximate surface area is 294 Å². The van der Waals surface area contributed by atoms with Crippen LogP contribution in [-0.2, 0) is 5.41 Å². The zero-order valence-corrected chi connectivity index (χ0v) is 28.6. The van der Waals surface area contributed by atoms with Gasteiger partial charge in [0.2, 0.25) is 0 Å². The van der Waals surface area contributed by atoms with Gasteiger partial charge < -0.3 is 9.80 Å². The molecule has 0 unspecified atom stereocenters. The number of hydrogen-bond acceptors (Lipinski definition) is 2. The highest BCUT2D eigenvalue weighted by Crippen LogP contribution is 2.51. The molecule has 0 heterocycles. The molecule has 0 fully saturated rings. The smallest absolute Gasteiger partial charge is 0.0498 e. The molecule has 0 aromatic heterocycles. The van der Waals surface area contributed by atoms with Gasteiger partial charge in [0.25, 0.3) is 0 Å². The highest BCUT2D eigenvalue weighted by molar-refractivity contribution is 6.12. The van der Waals surface area contributed by atoms with Crippen LogP contribution in [0.3, 0.4) is 0 Å². The van der Waals surface area contributed by atoms with Gasteiger partial charge in [0.15, 0.2) is 0 Å². The molecule has 0 atom stereocenters. The standard InChI is InChI=1S/C48H38N2/c1-48(2,3)46-21-13-14-22-47(46)50(39-19-11-6-12-20-39)41-26-24-34-30-43-44-31-35-27-40(25-23-33(35)29-42(44)45(43)32-36(34)28-41)49(37-15-7-4-8-16-37)38-17-9-5-10-18-38/h4-32H,1-3H3. The van der Waals surface area contributed by atoms with Gasteiger partial charge in [0.05, 0.1) is 0 Å². The second kappa shape index (κ2) is 11.8. The van der Waals surface area contributed by atoms with Gasteiger partial charge in [-0.3, -0.25) is 0 Å². The van der Waals surface area contributed by atoms with Crippen LogP contribution >= 0.6 is 0 Å². The largest absolute Gasteiger partial charge is 0.310 e. The van der Waals surface area contributed by atoms with Crippen molar-refractivity contribution < 1.29 is 0 Å². The monoisotopic (exact) mass is 642 g/mol. The lowest BCUT2D eigenvalue weighted by molar-refractivity contribution is 0.591. The summed E-state index contributed by atoms with van der Waals surface area (Å²) in [5.74, 6) is 0. The van der Waals surface area contributed by atoms with Crippen molar-refractivity contribution in [1.29, 1.82) is 0 Å². The molecular weight excluding hydrogens is 605 g/mol. The molecule has 0 aliphatic heterocycles. The van der Waals surface area contributed by atoms with E-state index in [2.05, 4.69) is 206 Å². The number of para-hydroxylation sites is 4. The molecule has 8 aromatic rings. The van der Waals surface area contributed by atoms with Crippen molar-refractivity contribution in [2.45, 2.75) is 26.2 Å². The molecule has 1 aliphatic carbocycles. The summed E-state index contributed by atoms with van der Waals surface area (Å²) in [5, 5.41) is 5.00. The van der Waals surface area contributed by atoms with E-state index in [-0.39, 0.29) is 5.41 Å². The fourth-order valence-corrected chi connectivity index (χ4v) is 7.59. The topological polar surface area (TPSA) is 6.48 Å². The van der Waals surface area contributed by atoms with Gasteiger partial charge in [-0.1, -0.05) is 106 Å². The Morgan fingerprint density at radius 1 is 0.320 bits per heavy atom. The van der Waals surface area contributed by atoms with Crippen LogP contribution in [0.5, 0.6) is 0 Å². The van der Waals surface area contributed by atoms with Crippen LogP contribution in [0.2, 0.25) is 0 Å². The summed E-state index contributed by atoms with van der Waals surface area (Å²) in [6.07, 6.45) is 0. The van der Waals surface area contributed by atoms with E-state index < -0.39 is 0 Å². The van der Waals surface area contributed by atoms with E-state index in [1.165, 1.54) is 55.0 Å². The van der Waals surface area contributed by atoms with Crippen LogP contribution in [0.15, 0.2) is 176 Å². The van der Waals surface area contributed by atoms with Crippen molar-refractivity contribution in [2.75, 3.05) is 9.80 Å². The van der Waals surface area contributed by atoms with Gasteiger partial charge in [-0.15, -0.1) is 0 Å². The van der Waals surface area contributed by atoms with Crippen LogP contribution < -0.4 is 9.80 Å². The van der Waals surface area contributed by atoms with E-state index in [1.54, 1.807) is 0 Å². The summed E-state index contributed by atoms with van der Waals surface area (Å²) in [7, 11) is 0. The first-order valence-corrected chi connectivity index (χ1v) is 17.4. The maximum Gasteiger partial charge on any atom is 0.0498 e.